The Hall–Kier alpha value is -1.14. The topological polar surface area (TPSA) is 87.7 Å². The van der Waals surface area contributed by atoms with Crippen LogP contribution in [0.1, 0.15) is 13.3 Å². The minimum atomic E-state index is -0.843. The van der Waals surface area contributed by atoms with E-state index in [1.807, 2.05) is 0 Å². The third-order valence-corrected chi connectivity index (χ3v) is 2.52. The van der Waals surface area contributed by atoms with Gasteiger partial charge in [0, 0.05) is 19.6 Å². The van der Waals surface area contributed by atoms with E-state index in [0.29, 0.717) is 26.1 Å². The summed E-state index contributed by atoms with van der Waals surface area (Å²) in [5.74, 6) is -1.46. The molecule has 0 aromatic heterocycles. The van der Waals surface area contributed by atoms with Crippen LogP contribution in [0.5, 0.6) is 0 Å². The SMILES string of the molecule is CC(CCNC(=O)C1CNCCO1)C(=O)O. The summed E-state index contributed by atoms with van der Waals surface area (Å²) in [6.45, 7) is 3.79. The largest absolute Gasteiger partial charge is 0.481 e. The molecule has 1 aliphatic rings. The van der Waals surface area contributed by atoms with Gasteiger partial charge in [-0.2, -0.15) is 0 Å². The Labute approximate surface area is 94.3 Å². The molecule has 1 aliphatic heterocycles. The number of amides is 1. The lowest BCUT2D eigenvalue weighted by molar-refractivity contribution is -0.141. The van der Waals surface area contributed by atoms with E-state index in [4.69, 9.17) is 9.84 Å². The maximum absolute atomic E-state index is 11.5. The maximum atomic E-state index is 11.5. The van der Waals surface area contributed by atoms with Gasteiger partial charge in [0.2, 0.25) is 5.91 Å². The molecule has 1 amide bonds. The first-order chi connectivity index (χ1) is 7.61. The van der Waals surface area contributed by atoms with E-state index >= 15 is 0 Å². The fourth-order valence-corrected chi connectivity index (χ4v) is 1.38. The van der Waals surface area contributed by atoms with Crippen molar-refractivity contribution in [2.45, 2.75) is 19.4 Å². The summed E-state index contributed by atoms with van der Waals surface area (Å²) < 4.78 is 5.25. The zero-order chi connectivity index (χ0) is 12.0. The van der Waals surface area contributed by atoms with E-state index < -0.39 is 18.0 Å². The lowest BCUT2D eigenvalue weighted by Gasteiger charge is -2.22. The van der Waals surface area contributed by atoms with Gasteiger partial charge >= 0.3 is 5.97 Å². The van der Waals surface area contributed by atoms with E-state index in [9.17, 15) is 9.59 Å². The molecule has 2 unspecified atom stereocenters. The molecule has 0 aliphatic carbocycles. The lowest BCUT2D eigenvalue weighted by Crippen LogP contribution is -2.48. The molecule has 6 nitrogen and oxygen atoms in total. The van der Waals surface area contributed by atoms with Gasteiger partial charge in [-0.1, -0.05) is 6.92 Å². The number of carbonyl (C=O) groups excluding carboxylic acids is 1. The number of hydrogen-bond acceptors (Lipinski definition) is 4. The van der Waals surface area contributed by atoms with Gasteiger partial charge in [0.25, 0.3) is 0 Å². The summed E-state index contributed by atoms with van der Waals surface area (Å²) in [5.41, 5.74) is 0. The number of ether oxygens (including phenoxy) is 1. The van der Waals surface area contributed by atoms with Crippen LogP contribution in [0.4, 0.5) is 0 Å². The third kappa shape index (κ3) is 4.16. The van der Waals surface area contributed by atoms with Crippen LogP contribution >= 0.6 is 0 Å². The maximum Gasteiger partial charge on any atom is 0.306 e. The second-order valence-corrected chi connectivity index (χ2v) is 3.88. The number of morpholine rings is 1. The number of carboxylic acid groups (broad SMARTS) is 1. The van der Waals surface area contributed by atoms with E-state index in [0.717, 1.165) is 6.54 Å². The van der Waals surface area contributed by atoms with Gasteiger partial charge in [0.1, 0.15) is 6.10 Å². The van der Waals surface area contributed by atoms with Crippen LogP contribution in [0.2, 0.25) is 0 Å². The molecule has 1 heterocycles. The summed E-state index contributed by atoms with van der Waals surface area (Å²) >= 11 is 0. The van der Waals surface area contributed by atoms with Crippen molar-refractivity contribution >= 4 is 11.9 Å². The second-order valence-electron chi connectivity index (χ2n) is 3.88. The fourth-order valence-electron chi connectivity index (χ4n) is 1.38. The van der Waals surface area contributed by atoms with Crippen molar-refractivity contribution in [1.82, 2.24) is 10.6 Å². The Morgan fingerprint density at radius 2 is 2.38 bits per heavy atom. The van der Waals surface area contributed by atoms with E-state index in [2.05, 4.69) is 10.6 Å². The fraction of sp³-hybridized carbons (Fsp3) is 0.800. The van der Waals surface area contributed by atoms with Gasteiger partial charge in [-0.3, -0.25) is 9.59 Å². The van der Waals surface area contributed by atoms with Gasteiger partial charge in [0.15, 0.2) is 0 Å². The molecular formula is C10H18N2O4. The molecule has 2 atom stereocenters. The molecule has 6 heteroatoms. The van der Waals surface area contributed by atoms with Crippen LogP contribution < -0.4 is 10.6 Å². The van der Waals surface area contributed by atoms with Crippen LogP contribution in [-0.4, -0.2) is 49.3 Å². The van der Waals surface area contributed by atoms with Gasteiger partial charge in [-0.05, 0) is 6.42 Å². The number of carbonyl (C=O) groups is 2. The summed E-state index contributed by atoms with van der Waals surface area (Å²) in [6, 6.07) is 0. The van der Waals surface area contributed by atoms with Gasteiger partial charge < -0.3 is 20.5 Å². The van der Waals surface area contributed by atoms with E-state index in [1.54, 1.807) is 6.92 Å². The second kappa shape index (κ2) is 6.44. The molecule has 1 fully saturated rings. The van der Waals surface area contributed by atoms with Crippen molar-refractivity contribution in [2.24, 2.45) is 5.92 Å². The minimum Gasteiger partial charge on any atom is -0.481 e. The van der Waals surface area contributed by atoms with Crippen molar-refractivity contribution < 1.29 is 19.4 Å². The number of nitrogens with one attached hydrogen (secondary N) is 2. The van der Waals surface area contributed by atoms with E-state index in [1.165, 1.54) is 0 Å². The van der Waals surface area contributed by atoms with Gasteiger partial charge in [-0.25, -0.2) is 0 Å². The predicted octanol–water partition coefficient (Wildman–Crippen LogP) is -0.798. The Bertz CT molecular complexity index is 251. The molecule has 0 bridgehead atoms. The molecule has 1 rings (SSSR count). The molecule has 1 saturated heterocycles. The molecule has 0 radical (unpaired) electrons. The monoisotopic (exact) mass is 230 g/mol. The van der Waals surface area contributed by atoms with Crippen molar-refractivity contribution in [3.05, 3.63) is 0 Å². The van der Waals surface area contributed by atoms with Crippen LogP contribution in [0.15, 0.2) is 0 Å². The summed E-state index contributed by atoms with van der Waals surface area (Å²) in [5, 5.41) is 14.4. The van der Waals surface area contributed by atoms with E-state index in [-0.39, 0.29) is 5.91 Å². The van der Waals surface area contributed by atoms with Gasteiger partial charge in [-0.15, -0.1) is 0 Å². The highest BCUT2D eigenvalue weighted by molar-refractivity contribution is 5.81. The molecule has 0 aromatic rings. The highest BCUT2D eigenvalue weighted by Crippen LogP contribution is 2.01. The quantitative estimate of drug-likeness (QED) is 0.575. The summed E-state index contributed by atoms with van der Waals surface area (Å²) in [6.07, 6.45) is -0.0183. The minimum absolute atomic E-state index is 0.176. The van der Waals surface area contributed by atoms with Crippen molar-refractivity contribution in [1.29, 1.82) is 0 Å². The molecule has 0 aromatic carbocycles. The third-order valence-electron chi connectivity index (χ3n) is 2.52. The highest BCUT2D eigenvalue weighted by atomic mass is 16.5. The molecular weight excluding hydrogens is 212 g/mol. The Balaban J connectivity index is 2.16. The molecule has 92 valence electrons. The summed E-state index contributed by atoms with van der Waals surface area (Å²) in [7, 11) is 0. The molecule has 16 heavy (non-hydrogen) atoms. The normalized spacial score (nSPS) is 22.4. The van der Waals surface area contributed by atoms with Crippen LogP contribution in [0.3, 0.4) is 0 Å². The highest BCUT2D eigenvalue weighted by Gasteiger charge is 2.21. The number of carboxylic acids is 1. The Morgan fingerprint density at radius 1 is 1.62 bits per heavy atom. The smallest absolute Gasteiger partial charge is 0.306 e. The first kappa shape index (κ1) is 12.9. The molecule has 0 saturated carbocycles. The Morgan fingerprint density at radius 3 is 2.94 bits per heavy atom. The predicted molar refractivity (Wildman–Crippen MR) is 57.0 cm³/mol. The lowest BCUT2D eigenvalue weighted by atomic mass is 10.1. The van der Waals surface area contributed by atoms with Crippen molar-refractivity contribution in [2.75, 3.05) is 26.2 Å². The first-order valence-corrected chi connectivity index (χ1v) is 5.44. The zero-order valence-corrected chi connectivity index (χ0v) is 9.36. The summed E-state index contributed by atoms with van der Waals surface area (Å²) in [4.78, 5) is 22.1. The number of aliphatic carboxylic acids is 1. The van der Waals surface area contributed by atoms with Crippen molar-refractivity contribution in [3.8, 4) is 0 Å². The van der Waals surface area contributed by atoms with Crippen molar-refractivity contribution in [3.63, 3.8) is 0 Å². The average molecular weight is 230 g/mol. The standard InChI is InChI=1S/C10H18N2O4/c1-7(10(14)15)2-3-12-9(13)8-6-11-4-5-16-8/h7-8,11H,2-6H2,1H3,(H,12,13)(H,14,15). The average Bonchev–Trinajstić information content (AvgIpc) is 2.29. The van der Waals surface area contributed by atoms with Crippen LogP contribution in [0.25, 0.3) is 0 Å². The number of rotatable bonds is 5. The number of hydrogen-bond donors (Lipinski definition) is 3. The van der Waals surface area contributed by atoms with Gasteiger partial charge in [0.05, 0.1) is 12.5 Å². The zero-order valence-electron chi connectivity index (χ0n) is 9.36. The Kier molecular flexibility index (Phi) is 5.21. The first-order valence-electron chi connectivity index (χ1n) is 5.44. The van der Waals surface area contributed by atoms with Crippen LogP contribution in [0, 0.1) is 5.92 Å². The molecule has 3 N–H and O–H groups in total. The van der Waals surface area contributed by atoms with Crippen LogP contribution in [-0.2, 0) is 14.3 Å². The molecule has 0 spiro atoms.